The van der Waals surface area contributed by atoms with E-state index in [0.717, 1.165) is 40.1 Å². The van der Waals surface area contributed by atoms with E-state index in [1.807, 2.05) is 35.2 Å². The van der Waals surface area contributed by atoms with Crippen LogP contribution in [0.3, 0.4) is 0 Å². The summed E-state index contributed by atoms with van der Waals surface area (Å²) in [6.45, 7) is 2.37. The standard InChI is InChI=1S/C35H30FN5O4S/c1-18-39-40-34(45-18)29-23(13-10-19-8-11-20(36)12-9-19)37-32-25-7-4-16-41(25)35(44)31(32)30(29)27-14-15-28(46-27)33(43)38-24-17-26(42)22-6-3-2-5-21(22)24/h2-3,5-6,8-9,11-12,14-15,24-26,42H,4,7,10,13,16-17H2,1H3,(H,38,43)/t24-,25-,26-/m1/s1. The Morgan fingerprint density at radius 3 is 2.63 bits per heavy atom. The van der Waals surface area contributed by atoms with E-state index in [0.29, 0.717) is 59.0 Å². The van der Waals surface area contributed by atoms with E-state index < -0.39 is 6.10 Å². The molecule has 46 heavy (non-hydrogen) atoms. The number of halogens is 1. The number of thiophene rings is 1. The summed E-state index contributed by atoms with van der Waals surface area (Å²) in [4.78, 5) is 35.8. The van der Waals surface area contributed by atoms with E-state index in [9.17, 15) is 19.1 Å². The lowest BCUT2D eigenvalue weighted by Crippen LogP contribution is -2.26. The topological polar surface area (TPSA) is 121 Å². The molecule has 3 atom stereocenters. The molecule has 0 spiro atoms. The van der Waals surface area contributed by atoms with Gasteiger partial charge < -0.3 is 19.7 Å². The number of hydrogen-bond acceptors (Lipinski definition) is 8. The Balaban J connectivity index is 1.22. The maximum Gasteiger partial charge on any atom is 0.261 e. The molecule has 2 amide bonds. The molecular weight excluding hydrogens is 605 g/mol. The van der Waals surface area contributed by atoms with E-state index >= 15 is 0 Å². The van der Waals surface area contributed by atoms with Crippen molar-refractivity contribution in [2.45, 2.75) is 57.2 Å². The predicted octanol–water partition coefficient (Wildman–Crippen LogP) is 6.29. The average Bonchev–Trinajstić information content (AvgIpc) is 3.89. The van der Waals surface area contributed by atoms with Crippen molar-refractivity contribution >= 4 is 23.2 Å². The van der Waals surface area contributed by atoms with Gasteiger partial charge in [0.1, 0.15) is 5.82 Å². The van der Waals surface area contributed by atoms with Crippen LogP contribution in [0.5, 0.6) is 0 Å². The Labute approximate surface area is 268 Å². The highest BCUT2D eigenvalue weighted by atomic mass is 32.1. The minimum atomic E-state index is -0.631. The van der Waals surface area contributed by atoms with Crippen molar-refractivity contribution < 1.29 is 23.5 Å². The highest BCUT2D eigenvalue weighted by Gasteiger charge is 2.45. The van der Waals surface area contributed by atoms with Crippen molar-refractivity contribution in [1.82, 2.24) is 25.4 Å². The maximum atomic E-state index is 14.0. The molecule has 11 heteroatoms. The van der Waals surface area contributed by atoms with Crippen LogP contribution in [-0.2, 0) is 12.8 Å². The summed E-state index contributed by atoms with van der Waals surface area (Å²) in [5.41, 5.74) is 5.89. The summed E-state index contributed by atoms with van der Waals surface area (Å²) >= 11 is 1.29. The SMILES string of the molecule is Cc1nnc(-c2c(CCc3ccc(F)cc3)nc3c(c2-c2ccc(C(=O)N[C@@H]4C[C@@H](O)c5ccccc54)s2)C(=O)N2CCC[C@H]32)o1. The Morgan fingerprint density at radius 1 is 1.04 bits per heavy atom. The molecule has 1 aliphatic carbocycles. The molecule has 8 rings (SSSR count). The van der Waals surface area contributed by atoms with Crippen LogP contribution in [0, 0.1) is 12.7 Å². The molecule has 2 N–H and O–H groups in total. The number of benzene rings is 2. The fraction of sp³-hybridized carbons (Fsp3) is 0.286. The van der Waals surface area contributed by atoms with Gasteiger partial charge in [0.25, 0.3) is 11.8 Å². The second kappa shape index (κ2) is 11.3. The third-order valence-electron chi connectivity index (χ3n) is 9.22. The number of aromatic nitrogens is 3. The normalized spacial score (nSPS) is 19.8. The summed E-state index contributed by atoms with van der Waals surface area (Å²) in [5.74, 6) is -0.00155. The van der Waals surface area contributed by atoms with Gasteiger partial charge in [-0.25, -0.2) is 4.39 Å². The van der Waals surface area contributed by atoms with Crippen LogP contribution in [-0.4, -0.2) is 43.5 Å². The Kier molecular flexibility index (Phi) is 7.02. The average molecular weight is 636 g/mol. The van der Waals surface area contributed by atoms with Gasteiger partial charge in [0.2, 0.25) is 11.8 Å². The summed E-state index contributed by atoms with van der Waals surface area (Å²) < 4.78 is 19.6. The van der Waals surface area contributed by atoms with E-state index in [1.165, 1.54) is 23.5 Å². The van der Waals surface area contributed by atoms with Crippen LogP contribution in [0.2, 0.25) is 0 Å². The Bertz CT molecular complexity index is 2000. The zero-order valence-corrected chi connectivity index (χ0v) is 25.8. The van der Waals surface area contributed by atoms with Crippen LogP contribution in [0.4, 0.5) is 4.39 Å². The second-order valence-corrected chi connectivity index (χ2v) is 13.1. The third-order valence-corrected chi connectivity index (χ3v) is 10.3. The van der Waals surface area contributed by atoms with E-state index in [-0.39, 0.29) is 35.6 Å². The maximum absolute atomic E-state index is 14.0. The lowest BCUT2D eigenvalue weighted by Gasteiger charge is -2.16. The summed E-state index contributed by atoms with van der Waals surface area (Å²) in [7, 11) is 0. The van der Waals surface area contributed by atoms with Gasteiger partial charge in [0.15, 0.2) is 0 Å². The van der Waals surface area contributed by atoms with Crippen molar-refractivity contribution in [1.29, 1.82) is 0 Å². The molecule has 0 unspecified atom stereocenters. The number of rotatable bonds is 7. The van der Waals surface area contributed by atoms with Gasteiger partial charge in [-0.15, -0.1) is 21.5 Å². The van der Waals surface area contributed by atoms with Gasteiger partial charge >= 0.3 is 0 Å². The molecular formula is C35H30FN5O4S. The molecule has 3 aliphatic rings. The zero-order valence-electron chi connectivity index (χ0n) is 25.0. The Hall–Kier alpha value is -4.74. The summed E-state index contributed by atoms with van der Waals surface area (Å²) in [6.07, 6.45) is 2.59. The van der Waals surface area contributed by atoms with Gasteiger partial charge in [-0.3, -0.25) is 14.6 Å². The number of carbonyl (C=O) groups excluding carboxylic acids is 2. The molecule has 3 aromatic heterocycles. The summed E-state index contributed by atoms with van der Waals surface area (Å²) in [5, 5.41) is 22.1. The van der Waals surface area contributed by atoms with Gasteiger partial charge in [0.05, 0.1) is 45.6 Å². The fourth-order valence-corrected chi connectivity index (χ4v) is 8.06. The number of nitrogens with zero attached hydrogens (tertiary/aromatic N) is 4. The highest BCUT2D eigenvalue weighted by Crippen LogP contribution is 2.49. The number of hydrogen-bond donors (Lipinski definition) is 2. The third kappa shape index (κ3) is 4.81. The number of aryl methyl sites for hydroxylation is 3. The predicted molar refractivity (Wildman–Crippen MR) is 169 cm³/mol. The molecule has 1 fully saturated rings. The molecule has 0 radical (unpaired) electrons. The molecule has 5 heterocycles. The zero-order chi connectivity index (χ0) is 31.5. The van der Waals surface area contributed by atoms with Crippen molar-refractivity contribution in [2.75, 3.05) is 6.54 Å². The highest BCUT2D eigenvalue weighted by molar-refractivity contribution is 7.17. The number of aliphatic hydroxyl groups excluding tert-OH is 1. The number of amides is 2. The molecule has 232 valence electrons. The largest absolute Gasteiger partial charge is 0.421 e. The molecule has 0 saturated carbocycles. The first-order chi connectivity index (χ1) is 22.4. The van der Waals surface area contributed by atoms with Crippen LogP contribution in [0.1, 0.15) is 91.4 Å². The Morgan fingerprint density at radius 2 is 1.85 bits per heavy atom. The van der Waals surface area contributed by atoms with E-state index in [4.69, 9.17) is 9.40 Å². The number of pyridine rings is 1. The molecule has 0 bridgehead atoms. The number of carbonyl (C=O) groups is 2. The monoisotopic (exact) mass is 635 g/mol. The molecule has 5 aromatic rings. The number of fused-ring (bicyclic) bond motifs is 4. The number of nitrogens with one attached hydrogen (secondary N) is 1. The van der Waals surface area contributed by atoms with Gasteiger partial charge in [0, 0.05) is 30.3 Å². The van der Waals surface area contributed by atoms with Crippen LogP contribution in [0.25, 0.3) is 21.9 Å². The first-order valence-corrected chi connectivity index (χ1v) is 16.3. The minimum Gasteiger partial charge on any atom is -0.421 e. The van der Waals surface area contributed by atoms with Crippen LogP contribution < -0.4 is 5.32 Å². The quantitative estimate of drug-likeness (QED) is 0.216. The second-order valence-electron chi connectivity index (χ2n) is 12.0. The number of aliphatic hydroxyl groups is 1. The minimum absolute atomic E-state index is 0.0847. The molecule has 2 aliphatic heterocycles. The molecule has 9 nitrogen and oxygen atoms in total. The van der Waals surface area contributed by atoms with Crippen molar-refractivity contribution in [3.05, 3.63) is 111 Å². The van der Waals surface area contributed by atoms with E-state index in [2.05, 4.69) is 15.5 Å². The first kappa shape index (κ1) is 28.7. The van der Waals surface area contributed by atoms with Crippen molar-refractivity contribution in [3.8, 4) is 21.9 Å². The first-order valence-electron chi connectivity index (χ1n) is 15.5. The molecule has 2 aromatic carbocycles. The van der Waals surface area contributed by atoms with Gasteiger partial charge in [-0.1, -0.05) is 36.4 Å². The van der Waals surface area contributed by atoms with Crippen molar-refractivity contribution in [3.63, 3.8) is 0 Å². The van der Waals surface area contributed by atoms with Gasteiger partial charge in [-0.2, -0.15) is 0 Å². The van der Waals surface area contributed by atoms with Crippen LogP contribution in [0.15, 0.2) is 65.1 Å². The lowest BCUT2D eigenvalue weighted by atomic mass is 9.93. The molecule has 1 saturated heterocycles. The smallest absolute Gasteiger partial charge is 0.261 e. The van der Waals surface area contributed by atoms with Crippen LogP contribution >= 0.6 is 11.3 Å². The van der Waals surface area contributed by atoms with E-state index in [1.54, 1.807) is 25.1 Å². The van der Waals surface area contributed by atoms with Gasteiger partial charge in [-0.05, 0) is 66.6 Å². The van der Waals surface area contributed by atoms with Crippen molar-refractivity contribution in [2.24, 2.45) is 0 Å². The fourth-order valence-electron chi connectivity index (χ4n) is 7.09. The summed E-state index contributed by atoms with van der Waals surface area (Å²) in [6, 6.07) is 17.2. The lowest BCUT2D eigenvalue weighted by molar-refractivity contribution is 0.0775.